The van der Waals surface area contributed by atoms with Gasteiger partial charge in [-0.1, -0.05) is 84.6 Å². The third-order valence-electron chi connectivity index (χ3n) is 4.35. The second-order valence-corrected chi connectivity index (χ2v) is 9.09. The van der Waals surface area contributed by atoms with E-state index < -0.39 is 13.6 Å². The molecule has 0 aromatic rings. The van der Waals surface area contributed by atoms with Crippen molar-refractivity contribution in [3.63, 3.8) is 0 Å². The van der Waals surface area contributed by atoms with E-state index in [9.17, 15) is 9.36 Å². The van der Waals surface area contributed by atoms with Gasteiger partial charge < -0.3 is 13.8 Å². The molecule has 0 saturated carbocycles. The Balaban J connectivity index is 4.13. The first-order valence-corrected chi connectivity index (χ1v) is 12.5. The number of ether oxygens (including phenoxy) is 1. The van der Waals surface area contributed by atoms with Crippen LogP contribution in [-0.4, -0.2) is 32.0 Å². The Hall–Kier alpha value is -0.640. The van der Waals surface area contributed by atoms with E-state index in [1.54, 1.807) is 0 Å². The normalized spacial score (nSPS) is 11.5. The highest BCUT2D eigenvalue weighted by Crippen LogP contribution is 2.48. The lowest BCUT2D eigenvalue weighted by atomic mass is 10.1. The van der Waals surface area contributed by atoms with Crippen molar-refractivity contribution < 1.29 is 23.1 Å². The van der Waals surface area contributed by atoms with Gasteiger partial charge in [-0.2, -0.15) is 0 Å². The molecule has 5 nitrogen and oxygen atoms in total. The average molecular weight is 405 g/mol. The minimum Gasteiger partial charge on any atom is -0.462 e. The largest absolute Gasteiger partial charge is 0.462 e. The summed E-state index contributed by atoms with van der Waals surface area (Å²) in [5.74, 6) is -0.520. The molecule has 0 rings (SSSR count). The summed E-state index contributed by atoms with van der Waals surface area (Å²) in [4.78, 5) is 11.2. The molecular formula is C21H41O5P. The summed E-state index contributed by atoms with van der Waals surface area (Å²) in [6, 6.07) is 0. The predicted molar refractivity (Wildman–Crippen MR) is 112 cm³/mol. The van der Waals surface area contributed by atoms with Crippen LogP contribution in [0.4, 0.5) is 0 Å². The lowest BCUT2D eigenvalue weighted by molar-refractivity contribution is -0.137. The number of carbonyl (C=O) groups is 1. The van der Waals surface area contributed by atoms with E-state index in [2.05, 4.69) is 20.4 Å². The highest BCUT2D eigenvalue weighted by atomic mass is 31.2. The van der Waals surface area contributed by atoms with Gasteiger partial charge >= 0.3 is 13.6 Å². The van der Waals surface area contributed by atoms with Crippen LogP contribution >= 0.6 is 7.60 Å². The molecule has 0 fully saturated rings. The summed E-state index contributed by atoms with van der Waals surface area (Å²) >= 11 is 0. The highest BCUT2D eigenvalue weighted by Gasteiger charge is 2.24. The fraction of sp³-hybridized carbons (Fsp3) is 0.857. The zero-order valence-electron chi connectivity index (χ0n) is 17.6. The minimum atomic E-state index is -3.22. The van der Waals surface area contributed by atoms with Gasteiger partial charge in [0.05, 0.1) is 19.4 Å². The summed E-state index contributed by atoms with van der Waals surface area (Å²) in [7, 11) is -3.22. The second-order valence-electron chi connectivity index (χ2n) is 6.91. The first kappa shape index (κ1) is 26.4. The maximum atomic E-state index is 12.9. The Kier molecular flexibility index (Phi) is 18.3. The first-order chi connectivity index (χ1) is 13.1. The Labute approximate surface area is 166 Å². The molecule has 0 amide bonds. The topological polar surface area (TPSA) is 61.8 Å². The van der Waals surface area contributed by atoms with Crippen LogP contribution in [-0.2, 0) is 23.1 Å². The van der Waals surface area contributed by atoms with Crippen LogP contribution in [0.1, 0.15) is 90.9 Å². The highest BCUT2D eigenvalue weighted by molar-refractivity contribution is 7.53. The zero-order valence-corrected chi connectivity index (χ0v) is 18.5. The minimum absolute atomic E-state index is 0.0229. The van der Waals surface area contributed by atoms with Gasteiger partial charge in [-0.3, -0.25) is 4.57 Å². The molecule has 0 unspecified atom stereocenters. The van der Waals surface area contributed by atoms with Crippen molar-refractivity contribution in [1.82, 2.24) is 0 Å². The van der Waals surface area contributed by atoms with Crippen LogP contribution in [0.5, 0.6) is 0 Å². The van der Waals surface area contributed by atoms with Crippen molar-refractivity contribution >= 4 is 13.6 Å². The van der Waals surface area contributed by atoms with Crippen molar-refractivity contribution in [2.75, 3.05) is 26.0 Å². The van der Waals surface area contributed by atoms with Gasteiger partial charge in [0.25, 0.3) is 0 Å². The molecule has 160 valence electrons. The first-order valence-electron chi connectivity index (χ1n) is 10.7. The number of hydrogen-bond donors (Lipinski definition) is 0. The molecule has 0 aliphatic heterocycles. The van der Waals surface area contributed by atoms with E-state index in [0.717, 1.165) is 31.8 Å². The quantitative estimate of drug-likeness (QED) is 0.0982. The van der Waals surface area contributed by atoms with Crippen molar-refractivity contribution in [1.29, 1.82) is 0 Å². The van der Waals surface area contributed by atoms with Gasteiger partial charge in [-0.05, 0) is 12.8 Å². The van der Waals surface area contributed by atoms with Gasteiger partial charge in [-0.25, -0.2) is 4.79 Å². The molecule has 0 aliphatic rings. The standard InChI is InChI=1S/C21H41O5P/c1-4-7-9-11-13-15-17-25-27(23,20-19-24-21(22)6-3)26-18-16-14-12-10-8-5-2/h6H,3-5,7-20H2,1-2H3. The summed E-state index contributed by atoms with van der Waals surface area (Å²) < 4.78 is 29.1. The maximum absolute atomic E-state index is 12.9. The lowest BCUT2D eigenvalue weighted by Gasteiger charge is -2.18. The molecule has 0 spiro atoms. The van der Waals surface area contributed by atoms with Crippen molar-refractivity contribution in [2.24, 2.45) is 0 Å². The lowest BCUT2D eigenvalue weighted by Crippen LogP contribution is -2.10. The van der Waals surface area contributed by atoms with Crippen molar-refractivity contribution in [3.8, 4) is 0 Å². The molecule has 0 radical (unpaired) electrons. The number of carbonyl (C=O) groups excluding carboxylic acids is 1. The molecule has 0 aromatic carbocycles. The average Bonchev–Trinajstić information content (AvgIpc) is 2.66. The van der Waals surface area contributed by atoms with Gasteiger partial charge in [0.15, 0.2) is 0 Å². The van der Waals surface area contributed by atoms with Crippen LogP contribution in [0, 0.1) is 0 Å². The Bertz CT molecular complexity index is 389. The van der Waals surface area contributed by atoms with Gasteiger partial charge in [0.2, 0.25) is 0 Å². The molecule has 0 aliphatic carbocycles. The van der Waals surface area contributed by atoms with Crippen molar-refractivity contribution in [3.05, 3.63) is 12.7 Å². The van der Waals surface area contributed by atoms with E-state index in [-0.39, 0.29) is 12.8 Å². The number of hydrogen-bond acceptors (Lipinski definition) is 5. The Morgan fingerprint density at radius 3 is 1.67 bits per heavy atom. The zero-order chi connectivity index (χ0) is 20.2. The summed E-state index contributed by atoms with van der Waals surface area (Å²) in [5, 5.41) is 0. The van der Waals surface area contributed by atoms with Crippen molar-refractivity contribution in [2.45, 2.75) is 90.9 Å². The molecule has 0 saturated heterocycles. The molecule has 0 heterocycles. The smallest absolute Gasteiger partial charge is 0.334 e. The van der Waals surface area contributed by atoms with E-state index in [0.29, 0.717) is 13.2 Å². The molecule has 6 heteroatoms. The summed E-state index contributed by atoms with van der Waals surface area (Å²) in [6.07, 6.45) is 14.9. The molecule has 0 bridgehead atoms. The third kappa shape index (κ3) is 17.2. The van der Waals surface area contributed by atoms with Crippen LogP contribution < -0.4 is 0 Å². The number of rotatable bonds is 20. The van der Waals surface area contributed by atoms with Crippen LogP contribution in [0.15, 0.2) is 12.7 Å². The molecule has 0 atom stereocenters. The molecular weight excluding hydrogens is 363 g/mol. The fourth-order valence-electron chi connectivity index (χ4n) is 2.66. The molecule has 27 heavy (non-hydrogen) atoms. The van der Waals surface area contributed by atoms with E-state index in [4.69, 9.17) is 13.8 Å². The second kappa shape index (κ2) is 18.7. The predicted octanol–water partition coefficient (Wildman–Crippen LogP) is 6.66. The Morgan fingerprint density at radius 1 is 0.778 bits per heavy atom. The van der Waals surface area contributed by atoms with Gasteiger partial charge in [-0.15, -0.1) is 0 Å². The maximum Gasteiger partial charge on any atom is 0.334 e. The van der Waals surface area contributed by atoms with Crippen LogP contribution in [0.3, 0.4) is 0 Å². The number of unbranched alkanes of at least 4 members (excludes halogenated alkanes) is 10. The van der Waals surface area contributed by atoms with E-state index >= 15 is 0 Å². The fourth-order valence-corrected chi connectivity index (χ4v) is 4.12. The summed E-state index contributed by atoms with van der Waals surface area (Å²) in [5.41, 5.74) is 0. The third-order valence-corrected chi connectivity index (χ3v) is 6.23. The van der Waals surface area contributed by atoms with Crippen LogP contribution in [0.2, 0.25) is 0 Å². The van der Waals surface area contributed by atoms with Crippen LogP contribution in [0.25, 0.3) is 0 Å². The monoisotopic (exact) mass is 404 g/mol. The number of esters is 1. The SMILES string of the molecule is C=CC(=O)OCCP(=O)(OCCCCCCCC)OCCCCCCCC. The molecule has 0 N–H and O–H groups in total. The molecule has 0 aromatic heterocycles. The van der Waals surface area contributed by atoms with Gasteiger partial charge in [0.1, 0.15) is 6.61 Å². The van der Waals surface area contributed by atoms with E-state index in [1.807, 2.05) is 0 Å². The van der Waals surface area contributed by atoms with Gasteiger partial charge in [0, 0.05) is 6.08 Å². The Morgan fingerprint density at radius 2 is 1.22 bits per heavy atom. The summed E-state index contributed by atoms with van der Waals surface area (Å²) in [6.45, 7) is 8.62. The van der Waals surface area contributed by atoms with E-state index in [1.165, 1.54) is 51.4 Å².